The Kier molecular flexibility index (Phi) is 2.88. The van der Waals surface area contributed by atoms with Gasteiger partial charge in [-0.05, 0) is 42.7 Å². The topological polar surface area (TPSA) is 37.4 Å². The Balaban J connectivity index is 2.08. The second-order valence-electron chi connectivity index (χ2n) is 6.34. The van der Waals surface area contributed by atoms with E-state index in [4.69, 9.17) is 0 Å². The quantitative estimate of drug-likeness (QED) is 0.536. The molecule has 2 aliphatic carbocycles. The van der Waals surface area contributed by atoms with Crippen LogP contribution in [0.15, 0.2) is 24.3 Å². The summed E-state index contributed by atoms with van der Waals surface area (Å²) in [6, 6.07) is 0. The number of rotatable bonds is 1. The van der Waals surface area contributed by atoms with Gasteiger partial charge in [-0.3, -0.25) is 9.59 Å². The zero-order valence-corrected chi connectivity index (χ0v) is 11.5. The molecule has 1 heterocycles. The molecule has 1 amide bonds. The molecule has 2 fully saturated rings. The van der Waals surface area contributed by atoms with Gasteiger partial charge < -0.3 is 4.90 Å². The van der Waals surface area contributed by atoms with Crippen molar-refractivity contribution < 1.29 is 9.59 Å². The first kappa shape index (κ1) is 12.6. The van der Waals surface area contributed by atoms with Crippen molar-refractivity contribution in [3.8, 4) is 0 Å². The fraction of sp³-hybridized carbons (Fsp3) is 0.625. The summed E-state index contributed by atoms with van der Waals surface area (Å²) in [6.07, 6.45) is 7.82. The van der Waals surface area contributed by atoms with Crippen molar-refractivity contribution in [1.29, 1.82) is 0 Å². The van der Waals surface area contributed by atoms with Crippen molar-refractivity contribution in [2.75, 3.05) is 6.54 Å². The third-order valence-electron chi connectivity index (χ3n) is 4.99. The number of carbonyl (C=O) groups is 2. The molecule has 2 bridgehead atoms. The first-order chi connectivity index (χ1) is 9.06. The summed E-state index contributed by atoms with van der Waals surface area (Å²) in [6.45, 7) is 6.58. The Hall–Kier alpha value is -1.38. The van der Waals surface area contributed by atoms with Gasteiger partial charge in [-0.2, -0.15) is 0 Å². The van der Waals surface area contributed by atoms with Crippen LogP contribution in [-0.4, -0.2) is 28.7 Å². The summed E-state index contributed by atoms with van der Waals surface area (Å²) >= 11 is 0. The summed E-state index contributed by atoms with van der Waals surface area (Å²) in [7, 11) is 0. The van der Waals surface area contributed by atoms with Crippen LogP contribution in [0.4, 0.5) is 0 Å². The summed E-state index contributed by atoms with van der Waals surface area (Å²) in [5.41, 5.74) is 1.05. The molecule has 0 saturated heterocycles. The van der Waals surface area contributed by atoms with Gasteiger partial charge in [0.1, 0.15) is 5.78 Å². The lowest BCUT2D eigenvalue weighted by atomic mass is 9.58. The maximum atomic E-state index is 12.2. The Morgan fingerprint density at radius 2 is 2.37 bits per heavy atom. The van der Waals surface area contributed by atoms with Crippen molar-refractivity contribution in [1.82, 2.24) is 4.90 Å². The molecule has 0 aromatic carbocycles. The highest BCUT2D eigenvalue weighted by Gasteiger charge is 2.53. The van der Waals surface area contributed by atoms with Gasteiger partial charge in [0.2, 0.25) is 5.91 Å². The SMILES string of the molecule is C=CC(=O)N1CCC=C2C3CC(=O)CC21CC(C)C3. The molecule has 19 heavy (non-hydrogen) atoms. The standard InChI is InChI=1S/C16H21NO2/c1-3-15(19)17-6-4-5-14-12-7-11(2)9-16(14,17)10-13(18)8-12/h3,5,11-12H,1,4,6-10H2,2H3. The number of nitrogens with zero attached hydrogens (tertiary/aromatic N) is 1. The smallest absolute Gasteiger partial charge is 0.246 e. The first-order valence-corrected chi connectivity index (χ1v) is 7.23. The fourth-order valence-electron chi connectivity index (χ4n) is 4.52. The largest absolute Gasteiger partial charge is 0.329 e. The normalized spacial score (nSPS) is 37.4. The van der Waals surface area contributed by atoms with Gasteiger partial charge in [0, 0.05) is 19.4 Å². The highest BCUT2D eigenvalue weighted by molar-refractivity contribution is 5.91. The van der Waals surface area contributed by atoms with Gasteiger partial charge >= 0.3 is 0 Å². The van der Waals surface area contributed by atoms with Gasteiger partial charge in [-0.15, -0.1) is 0 Å². The van der Waals surface area contributed by atoms with Crippen LogP contribution >= 0.6 is 0 Å². The maximum Gasteiger partial charge on any atom is 0.246 e. The van der Waals surface area contributed by atoms with E-state index in [1.165, 1.54) is 11.6 Å². The van der Waals surface area contributed by atoms with Crippen LogP contribution in [0.5, 0.6) is 0 Å². The maximum absolute atomic E-state index is 12.2. The number of carbonyl (C=O) groups excluding carboxylic acids is 2. The van der Waals surface area contributed by atoms with Gasteiger partial charge in [-0.25, -0.2) is 0 Å². The van der Waals surface area contributed by atoms with E-state index in [0.717, 1.165) is 25.8 Å². The molecule has 0 spiro atoms. The summed E-state index contributed by atoms with van der Waals surface area (Å²) < 4.78 is 0. The molecular formula is C16H21NO2. The van der Waals surface area contributed by atoms with Crippen LogP contribution in [0.1, 0.15) is 39.0 Å². The molecule has 3 atom stereocenters. The number of amides is 1. The Morgan fingerprint density at radius 3 is 3.11 bits per heavy atom. The van der Waals surface area contributed by atoms with E-state index in [1.807, 2.05) is 4.90 Å². The lowest BCUT2D eigenvalue weighted by Crippen LogP contribution is -2.61. The molecule has 3 heteroatoms. The van der Waals surface area contributed by atoms with E-state index < -0.39 is 0 Å². The van der Waals surface area contributed by atoms with Crippen LogP contribution in [0.25, 0.3) is 0 Å². The van der Waals surface area contributed by atoms with Crippen molar-refractivity contribution in [3.63, 3.8) is 0 Å². The van der Waals surface area contributed by atoms with E-state index in [9.17, 15) is 9.59 Å². The van der Waals surface area contributed by atoms with Crippen LogP contribution in [0.2, 0.25) is 0 Å². The lowest BCUT2D eigenvalue weighted by Gasteiger charge is -2.56. The van der Waals surface area contributed by atoms with Crippen molar-refractivity contribution in [3.05, 3.63) is 24.3 Å². The van der Waals surface area contributed by atoms with E-state index in [2.05, 4.69) is 19.6 Å². The monoisotopic (exact) mass is 259 g/mol. The third-order valence-corrected chi connectivity index (χ3v) is 4.99. The second kappa shape index (κ2) is 4.32. The average Bonchev–Trinajstić information content (AvgIpc) is 2.35. The molecule has 1 aliphatic heterocycles. The highest BCUT2D eigenvalue weighted by atomic mass is 16.2. The molecular weight excluding hydrogens is 238 g/mol. The molecule has 3 rings (SSSR count). The molecule has 0 aromatic rings. The minimum absolute atomic E-state index is 0.0202. The van der Waals surface area contributed by atoms with E-state index in [0.29, 0.717) is 30.5 Å². The van der Waals surface area contributed by atoms with E-state index >= 15 is 0 Å². The predicted octanol–water partition coefficient (Wildman–Crippen LogP) is 2.48. The Bertz CT molecular complexity index is 479. The number of Topliss-reactive ketones (excluding diaryl/α,β-unsaturated/α-hetero) is 1. The van der Waals surface area contributed by atoms with Crippen LogP contribution in [0.3, 0.4) is 0 Å². The zero-order valence-electron chi connectivity index (χ0n) is 11.5. The molecule has 0 aromatic heterocycles. The van der Waals surface area contributed by atoms with Gasteiger partial charge in [-0.1, -0.05) is 19.6 Å². The molecule has 0 N–H and O–H groups in total. The van der Waals surface area contributed by atoms with Gasteiger partial charge in [0.15, 0.2) is 0 Å². The van der Waals surface area contributed by atoms with Crippen molar-refractivity contribution >= 4 is 11.7 Å². The zero-order chi connectivity index (χ0) is 13.6. The van der Waals surface area contributed by atoms with Crippen LogP contribution < -0.4 is 0 Å². The van der Waals surface area contributed by atoms with Crippen molar-refractivity contribution in [2.24, 2.45) is 11.8 Å². The van der Waals surface area contributed by atoms with E-state index in [-0.39, 0.29) is 11.4 Å². The van der Waals surface area contributed by atoms with Crippen molar-refractivity contribution in [2.45, 2.75) is 44.6 Å². The molecule has 3 nitrogen and oxygen atoms in total. The minimum atomic E-state index is -0.318. The average molecular weight is 259 g/mol. The Morgan fingerprint density at radius 1 is 1.58 bits per heavy atom. The number of ketones is 1. The summed E-state index contributed by atoms with van der Waals surface area (Å²) in [5, 5.41) is 0. The van der Waals surface area contributed by atoms with E-state index in [1.54, 1.807) is 0 Å². The highest BCUT2D eigenvalue weighted by Crippen LogP contribution is 2.52. The fourth-order valence-corrected chi connectivity index (χ4v) is 4.52. The molecule has 102 valence electrons. The van der Waals surface area contributed by atoms with Gasteiger partial charge in [0.05, 0.1) is 5.54 Å². The minimum Gasteiger partial charge on any atom is -0.329 e. The lowest BCUT2D eigenvalue weighted by molar-refractivity contribution is -0.138. The number of hydrogen-bond donors (Lipinski definition) is 0. The molecule has 0 radical (unpaired) electrons. The van der Waals surface area contributed by atoms with Crippen LogP contribution in [0, 0.1) is 11.8 Å². The number of hydrogen-bond acceptors (Lipinski definition) is 2. The molecule has 3 unspecified atom stereocenters. The summed E-state index contributed by atoms with van der Waals surface area (Å²) in [4.78, 5) is 26.2. The Labute approximate surface area is 114 Å². The van der Waals surface area contributed by atoms with Gasteiger partial charge in [0.25, 0.3) is 0 Å². The predicted molar refractivity (Wildman–Crippen MR) is 73.5 cm³/mol. The first-order valence-electron chi connectivity index (χ1n) is 7.23. The summed E-state index contributed by atoms with van der Waals surface area (Å²) in [5.74, 6) is 1.24. The van der Waals surface area contributed by atoms with Crippen LogP contribution in [-0.2, 0) is 9.59 Å². The third kappa shape index (κ3) is 1.78. The molecule has 3 aliphatic rings. The molecule has 2 saturated carbocycles. The second-order valence-corrected chi connectivity index (χ2v) is 6.34.